The molecule has 0 atom stereocenters. The summed E-state index contributed by atoms with van der Waals surface area (Å²) in [5, 5.41) is 3.25. The smallest absolute Gasteiger partial charge is 0.223 e. The first kappa shape index (κ1) is 18.0. The van der Waals surface area contributed by atoms with E-state index in [4.69, 9.17) is 0 Å². The summed E-state index contributed by atoms with van der Waals surface area (Å²) < 4.78 is 0. The van der Waals surface area contributed by atoms with Gasteiger partial charge in [0.25, 0.3) is 0 Å². The SMILES string of the molecule is CC(=O)N1CCC(C(=O)NCC2(c3cccc(C)c3)CCCC2)CC1. The third-order valence-corrected chi connectivity index (χ3v) is 6.10. The molecule has 1 saturated heterocycles. The number of hydrogen-bond donors (Lipinski definition) is 1. The zero-order valence-corrected chi connectivity index (χ0v) is 15.5. The highest BCUT2D eigenvalue weighted by Gasteiger charge is 2.36. The number of carbonyl (C=O) groups is 2. The van der Waals surface area contributed by atoms with Crippen molar-refractivity contribution in [2.75, 3.05) is 19.6 Å². The molecule has 1 heterocycles. The first-order chi connectivity index (χ1) is 12.0. The molecule has 1 saturated carbocycles. The summed E-state index contributed by atoms with van der Waals surface area (Å²) in [5.41, 5.74) is 2.75. The van der Waals surface area contributed by atoms with Crippen molar-refractivity contribution >= 4 is 11.8 Å². The lowest BCUT2D eigenvalue weighted by molar-refractivity contribution is -0.134. The van der Waals surface area contributed by atoms with E-state index in [1.807, 2.05) is 4.90 Å². The maximum absolute atomic E-state index is 12.7. The number of aryl methyl sites for hydroxylation is 1. The lowest BCUT2D eigenvalue weighted by Gasteiger charge is -2.33. The second-order valence-corrected chi connectivity index (χ2v) is 7.86. The summed E-state index contributed by atoms with van der Waals surface area (Å²) in [6.07, 6.45) is 6.34. The first-order valence-electron chi connectivity index (χ1n) is 9.61. The summed E-state index contributed by atoms with van der Waals surface area (Å²) in [6, 6.07) is 8.76. The van der Waals surface area contributed by atoms with Crippen LogP contribution in [-0.2, 0) is 15.0 Å². The van der Waals surface area contributed by atoms with Crippen LogP contribution in [0.25, 0.3) is 0 Å². The number of nitrogens with zero attached hydrogens (tertiary/aromatic N) is 1. The van der Waals surface area contributed by atoms with Gasteiger partial charge in [-0.1, -0.05) is 42.7 Å². The van der Waals surface area contributed by atoms with Crippen LogP contribution in [-0.4, -0.2) is 36.3 Å². The molecule has 0 aromatic heterocycles. The summed E-state index contributed by atoms with van der Waals surface area (Å²) in [5.74, 6) is 0.330. The molecule has 2 fully saturated rings. The van der Waals surface area contributed by atoms with Gasteiger partial charge in [-0.25, -0.2) is 0 Å². The van der Waals surface area contributed by atoms with Gasteiger partial charge in [0, 0.05) is 37.9 Å². The van der Waals surface area contributed by atoms with Gasteiger partial charge >= 0.3 is 0 Å². The van der Waals surface area contributed by atoms with Crippen LogP contribution in [0.4, 0.5) is 0 Å². The van der Waals surface area contributed by atoms with E-state index in [9.17, 15) is 9.59 Å². The van der Waals surface area contributed by atoms with Crippen molar-refractivity contribution in [3.63, 3.8) is 0 Å². The molecular weight excluding hydrogens is 312 g/mol. The van der Waals surface area contributed by atoms with Gasteiger partial charge in [0.1, 0.15) is 0 Å². The van der Waals surface area contributed by atoms with Crippen LogP contribution in [0.5, 0.6) is 0 Å². The minimum Gasteiger partial charge on any atom is -0.355 e. The van der Waals surface area contributed by atoms with Gasteiger partial charge in [-0.05, 0) is 38.2 Å². The Morgan fingerprint density at radius 3 is 2.48 bits per heavy atom. The molecule has 136 valence electrons. The fourth-order valence-corrected chi connectivity index (χ4v) is 4.45. The third kappa shape index (κ3) is 4.05. The van der Waals surface area contributed by atoms with E-state index in [1.165, 1.54) is 24.0 Å². The lowest BCUT2D eigenvalue weighted by Crippen LogP contribution is -2.45. The summed E-state index contributed by atoms with van der Waals surface area (Å²) in [7, 11) is 0. The van der Waals surface area contributed by atoms with Gasteiger partial charge in [0.05, 0.1) is 0 Å². The number of piperidine rings is 1. The maximum atomic E-state index is 12.7. The van der Waals surface area contributed by atoms with Gasteiger partial charge in [-0.2, -0.15) is 0 Å². The predicted molar refractivity (Wildman–Crippen MR) is 99.3 cm³/mol. The van der Waals surface area contributed by atoms with E-state index in [0.717, 1.165) is 32.2 Å². The van der Waals surface area contributed by atoms with Crippen molar-refractivity contribution in [2.45, 2.75) is 57.8 Å². The van der Waals surface area contributed by atoms with Gasteiger partial charge in [0.15, 0.2) is 0 Å². The van der Waals surface area contributed by atoms with E-state index in [1.54, 1.807) is 6.92 Å². The molecule has 2 amide bonds. The number of hydrogen-bond acceptors (Lipinski definition) is 2. The Morgan fingerprint density at radius 1 is 1.20 bits per heavy atom. The van der Waals surface area contributed by atoms with Crippen molar-refractivity contribution in [1.29, 1.82) is 0 Å². The van der Waals surface area contributed by atoms with Crippen LogP contribution in [0.1, 0.15) is 56.6 Å². The van der Waals surface area contributed by atoms with Crippen molar-refractivity contribution in [3.8, 4) is 0 Å². The Hall–Kier alpha value is -1.84. The maximum Gasteiger partial charge on any atom is 0.223 e. The largest absolute Gasteiger partial charge is 0.355 e. The fourth-order valence-electron chi connectivity index (χ4n) is 4.45. The van der Waals surface area contributed by atoms with Crippen LogP contribution >= 0.6 is 0 Å². The van der Waals surface area contributed by atoms with E-state index in [-0.39, 0.29) is 23.1 Å². The molecule has 4 heteroatoms. The molecule has 0 radical (unpaired) electrons. The molecule has 0 spiro atoms. The quantitative estimate of drug-likeness (QED) is 0.913. The molecule has 4 nitrogen and oxygen atoms in total. The number of likely N-dealkylation sites (tertiary alicyclic amines) is 1. The van der Waals surface area contributed by atoms with Crippen molar-refractivity contribution in [3.05, 3.63) is 35.4 Å². The molecule has 1 aliphatic heterocycles. The number of amides is 2. The Balaban J connectivity index is 1.61. The molecule has 1 aliphatic carbocycles. The van der Waals surface area contributed by atoms with Crippen LogP contribution < -0.4 is 5.32 Å². The van der Waals surface area contributed by atoms with Crippen molar-refractivity contribution in [1.82, 2.24) is 10.2 Å². The molecule has 1 aromatic carbocycles. The molecule has 2 aliphatic rings. The molecule has 0 unspecified atom stereocenters. The average Bonchev–Trinajstić information content (AvgIpc) is 3.10. The number of benzene rings is 1. The van der Waals surface area contributed by atoms with Crippen LogP contribution in [0, 0.1) is 12.8 Å². The average molecular weight is 342 g/mol. The fraction of sp³-hybridized carbons (Fsp3) is 0.619. The molecule has 1 aromatic rings. The predicted octanol–water partition coefficient (Wildman–Crippen LogP) is 3.18. The number of rotatable bonds is 4. The number of carbonyl (C=O) groups excluding carboxylic acids is 2. The third-order valence-electron chi connectivity index (χ3n) is 6.10. The highest BCUT2D eigenvalue weighted by molar-refractivity contribution is 5.79. The minimum atomic E-state index is 0.0477. The Bertz CT molecular complexity index is 627. The zero-order chi connectivity index (χ0) is 17.9. The second-order valence-electron chi connectivity index (χ2n) is 7.86. The Morgan fingerprint density at radius 2 is 1.88 bits per heavy atom. The van der Waals surface area contributed by atoms with Gasteiger partial charge in [-0.3, -0.25) is 9.59 Å². The van der Waals surface area contributed by atoms with Gasteiger partial charge in [-0.15, -0.1) is 0 Å². The Kier molecular flexibility index (Phi) is 5.45. The van der Waals surface area contributed by atoms with E-state index in [2.05, 4.69) is 36.5 Å². The summed E-state index contributed by atoms with van der Waals surface area (Å²) >= 11 is 0. The molecule has 25 heavy (non-hydrogen) atoms. The van der Waals surface area contributed by atoms with Gasteiger partial charge < -0.3 is 10.2 Å². The Labute approximate surface area is 151 Å². The van der Waals surface area contributed by atoms with E-state index < -0.39 is 0 Å². The topological polar surface area (TPSA) is 49.4 Å². The van der Waals surface area contributed by atoms with Crippen molar-refractivity contribution < 1.29 is 9.59 Å². The minimum absolute atomic E-state index is 0.0477. The highest BCUT2D eigenvalue weighted by Crippen LogP contribution is 2.41. The lowest BCUT2D eigenvalue weighted by atomic mass is 9.78. The summed E-state index contributed by atoms with van der Waals surface area (Å²) in [4.78, 5) is 25.9. The van der Waals surface area contributed by atoms with Gasteiger partial charge in [0.2, 0.25) is 11.8 Å². The molecule has 0 bridgehead atoms. The van der Waals surface area contributed by atoms with E-state index >= 15 is 0 Å². The van der Waals surface area contributed by atoms with Crippen molar-refractivity contribution in [2.24, 2.45) is 5.92 Å². The molecule has 3 rings (SSSR count). The summed E-state index contributed by atoms with van der Waals surface area (Å²) in [6.45, 7) is 5.88. The second kappa shape index (κ2) is 7.59. The first-order valence-corrected chi connectivity index (χ1v) is 9.61. The van der Waals surface area contributed by atoms with Crippen LogP contribution in [0.15, 0.2) is 24.3 Å². The van der Waals surface area contributed by atoms with Crippen LogP contribution in [0.2, 0.25) is 0 Å². The standard InChI is InChI=1S/C21H30N2O2/c1-16-6-5-7-19(14-16)21(10-3-4-11-21)15-22-20(25)18-8-12-23(13-9-18)17(2)24/h5-7,14,18H,3-4,8-13,15H2,1-2H3,(H,22,25). The van der Waals surface area contributed by atoms with Crippen LogP contribution in [0.3, 0.4) is 0 Å². The zero-order valence-electron chi connectivity index (χ0n) is 15.5. The molecular formula is C21H30N2O2. The normalized spacial score (nSPS) is 20.5. The highest BCUT2D eigenvalue weighted by atomic mass is 16.2. The molecule has 1 N–H and O–H groups in total. The monoisotopic (exact) mass is 342 g/mol. The number of nitrogens with one attached hydrogen (secondary N) is 1. The van der Waals surface area contributed by atoms with E-state index in [0.29, 0.717) is 13.1 Å².